The number of benzene rings is 2. The summed E-state index contributed by atoms with van der Waals surface area (Å²) in [6.45, 7) is 5.36. The van der Waals surface area contributed by atoms with Crippen LogP contribution in [0.3, 0.4) is 0 Å². The Morgan fingerprint density at radius 1 is 1.09 bits per heavy atom. The molecule has 2 aromatic carbocycles. The molecule has 2 amide bonds. The van der Waals surface area contributed by atoms with Crippen LogP contribution in [0.1, 0.15) is 35.3 Å². The number of carbonyl (C=O) groups is 2. The molecule has 0 aliphatic heterocycles. The topological polar surface area (TPSA) is 133 Å². The van der Waals surface area contributed by atoms with Crippen molar-refractivity contribution in [2.24, 2.45) is 5.73 Å². The van der Waals surface area contributed by atoms with Crippen LogP contribution in [0.25, 0.3) is 16.7 Å². The number of carbonyl (C=O) groups excluding carboxylic acids is 2. The van der Waals surface area contributed by atoms with Crippen molar-refractivity contribution < 1.29 is 9.59 Å². The number of hydrogen-bond donors (Lipinski definition) is 2. The second-order valence-corrected chi connectivity index (χ2v) is 8.28. The van der Waals surface area contributed by atoms with Gasteiger partial charge in [0.25, 0.3) is 11.5 Å². The van der Waals surface area contributed by atoms with E-state index in [0.29, 0.717) is 5.56 Å². The first kappa shape index (κ1) is 22.0. The third-order valence-electron chi connectivity index (χ3n) is 5.23. The molecule has 4 rings (SSSR count). The molecule has 0 saturated carbocycles. The molecule has 0 radical (unpaired) electrons. The molecule has 10 heteroatoms. The second-order valence-electron chi connectivity index (χ2n) is 8.28. The highest BCUT2D eigenvalue weighted by molar-refractivity contribution is 5.98. The minimum atomic E-state index is -0.741. The molecule has 0 aliphatic carbocycles. The smallest absolute Gasteiger partial charge is 0.352 e. The molecule has 0 fully saturated rings. The zero-order valence-electron chi connectivity index (χ0n) is 18.5. The third kappa shape index (κ3) is 4.14. The molecule has 3 N–H and O–H groups in total. The molecule has 2 heterocycles. The monoisotopic (exact) mass is 448 g/mol. The van der Waals surface area contributed by atoms with E-state index in [1.807, 2.05) is 45.0 Å². The number of aryl methyl sites for hydroxylation is 1. The van der Waals surface area contributed by atoms with E-state index in [9.17, 15) is 19.2 Å². The van der Waals surface area contributed by atoms with E-state index in [0.717, 1.165) is 15.8 Å². The van der Waals surface area contributed by atoms with Crippen molar-refractivity contribution in [1.82, 2.24) is 24.1 Å². The van der Waals surface area contributed by atoms with Gasteiger partial charge in [-0.25, -0.2) is 13.9 Å². The Balaban J connectivity index is 2.01. The Morgan fingerprint density at radius 2 is 1.79 bits per heavy atom. The van der Waals surface area contributed by atoms with Crippen LogP contribution >= 0.6 is 0 Å². The molecular formula is C23H24N6O4. The lowest BCUT2D eigenvalue weighted by atomic mass is 10.1. The van der Waals surface area contributed by atoms with Crippen molar-refractivity contribution >= 4 is 28.5 Å². The molecule has 170 valence electrons. The van der Waals surface area contributed by atoms with Gasteiger partial charge in [0.1, 0.15) is 6.54 Å². The SMILES string of the molecule is Cc1ccc(Cn2c(=O)c3ccc(C(=O)NC(C)C)cc3n3c(=O)n(CC(N)=O)nc23)cc1. The number of nitrogens with one attached hydrogen (secondary N) is 1. The summed E-state index contributed by atoms with van der Waals surface area (Å²) in [6.07, 6.45) is 0. The fourth-order valence-corrected chi connectivity index (χ4v) is 3.67. The Bertz CT molecular complexity index is 1510. The van der Waals surface area contributed by atoms with Crippen LogP contribution in [0.4, 0.5) is 0 Å². The van der Waals surface area contributed by atoms with Gasteiger partial charge in [0.2, 0.25) is 11.7 Å². The lowest BCUT2D eigenvalue weighted by molar-refractivity contribution is -0.118. The van der Waals surface area contributed by atoms with Gasteiger partial charge in [0.15, 0.2) is 0 Å². The van der Waals surface area contributed by atoms with E-state index in [2.05, 4.69) is 10.4 Å². The van der Waals surface area contributed by atoms with E-state index in [4.69, 9.17) is 5.73 Å². The van der Waals surface area contributed by atoms with Gasteiger partial charge in [-0.15, -0.1) is 5.10 Å². The van der Waals surface area contributed by atoms with Crippen LogP contribution in [-0.2, 0) is 17.9 Å². The number of primary amides is 1. The van der Waals surface area contributed by atoms with E-state index >= 15 is 0 Å². The van der Waals surface area contributed by atoms with Crippen molar-refractivity contribution in [2.75, 3.05) is 0 Å². The zero-order valence-corrected chi connectivity index (χ0v) is 18.5. The third-order valence-corrected chi connectivity index (χ3v) is 5.23. The molecule has 4 aromatic rings. The number of aromatic nitrogens is 4. The predicted molar refractivity (Wildman–Crippen MR) is 123 cm³/mol. The quantitative estimate of drug-likeness (QED) is 0.450. The summed E-state index contributed by atoms with van der Waals surface area (Å²) < 4.78 is 3.53. The van der Waals surface area contributed by atoms with Crippen LogP contribution in [0.2, 0.25) is 0 Å². The van der Waals surface area contributed by atoms with Gasteiger partial charge in [-0.1, -0.05) is 29.8 Å². The summed E-state index contributed by atoms with van der Waals surface area (Å²) in [5, 5.41) is 7.26. The van der Waals surface area contributed by atoms with Crippen molar-refractivity contribution in [3.05, 3.63) is 80.0 Å². The maximum Gasteiger partial charge on any atom is 0.352 e. The lowest BCUT2D eigenvalue weighted by Crippen LogP contribution is -2.31. The second kappa shape index (κ2) is 8.38. The fourth-order valence-electron chi connectivity index (χ4n) is 3.67. The fraction of sp³-hybridized carbons (Fsp3) is 0.261. The number of rotatable bonds is 6. The van der Waals surface area contributed by atoms with Gasteiger partial charge in [0, 0.05) is 11.6 Å². The molecule has 0 saturated heterocycles. The maximum absolute atomic E-state index is 13.4. The van der Waals surface area contributed by atoms with Crippen molar-refractivity contribution in [3.63, 3.8) is 0 Å². The standard InChI is InChI=1S/C23H24N6O4/c1-13(2)25-20(31)16-8-9-17-18(10-16)29-22(26-28(23(29)33)12-19(24)30)27(21(17)32)11-15-6-4-14(3)5-7-15/h4-10,13H,11-12H2,1-3H3,(H2,24,30)(H,25,31). The van der Waals surface area contributed by atoms with Gasteiger partial charge in [-0.2, -0.15) is 0 Å². The first-order valence-electron chi connectivity index (χ1n) is 10.5. The van der Waals surface area contributed by atoms with Crippen LogP contribution < -0.4 is 22.3 Å². The van der Waals surface area contributed by atoms with Crippen LogP contribution in [0.15, 0.2) is 52.1 Å². The molecule has 33 heavy (non-hydrogen) atoms. The van der Waals surface area contributed by atoms with E-state index in [1.165, 1.54) is 21.1 Å². The first-order valence-corrected chi connectivity index (χ1v) is 10.5. The Kier molecular flexibility index (Phi) is 5.59. The zero-order chi connectivity index (χ0) is 23.9. The average Bonchev–Trinajstić information content (AvgIpc) is 3.07. The molecular weight excluding hydrogens is 424 g/mol. The van der Waals surface area contributed by atoms with Gasteiger partial charge >= 0.3 is 5.69 Å². The normalized spacial score (nSPS) is 11.4. The van der Waals surface area contributed by atoms with Crippen LogP contribution in [0, 0.1) is 6.92 Å². The van der Waals surface area contributed by atoms with E-state index < -0.39 is 18.1 Å². The minimum absolute atomic E-state index is 0.0562. The summed E-state index contributed by atoms with van der Waals surface area (Å²) >= 11 is 0. The lowest BCUT2D eigenvalue weighted by Gasteiger charge is -2.12. The summed E-state index contributed by atoms with van der Waals surface area (Å²) in [5.74, 6) is -1.02. The minimum Gasteiger partial charge on any atom is -0.368 e. The molecule has 0 aliphatic rings. The number of fused-ring (bicyclic) bond motifs is 3. The Hall–Kier alpha value is -4.21. The van der Waals surface area contributed by atoms with Crippen LogP contribution in [-0.4, -0.2) is 36.6 Å². The highest BCUT2D eigenvalue weighted by Gasteiger charge is 2.20. The maximum atomic E-state index is 13.4. The molecule has 2 aromatic heterocycles. The largest absolute Gasteiger partial charge is 0.368 e. The van der Waals surface area contributed by atoms with Crippen molar-refractivity contribution in [2.45, 2.75) is 39.9 Å². The van der Waals surface area contributed by atoms with Gasteiger partial charge in [-0.3, -0.25) is 19.0 Å². The molecule has 0 spiro atoms. The van der Waals surface area contributed by atoms with E-state index in [-0.39, 0.29) is 40.7 Å². The number of nitrogens with zero attached hydrogens (tertiary/aromatic N) is 4. The predicted octanol–water partition coefficient (Wildman–Crippen LogP) is 0.791. The Morgan fingerprint density at radius 3 is 2.42 bits per heavy atom. The highest BCUT2D eigenvalue weighted by atomic mass is 16.2. The summed E-state index contributed by atoms with van der Waals surface area (Å²) in [7, 11) is 0. The number of nitrogens with two attached hydrogens (primary N) is 1. The molecule has 10 nitrogen and oxygen atoms in total. The molecule has 0 unspecified atom stereocenters. The van der Waals surface area contributed by atoms with Crippen molar-refractivity contribution in [3.8, 4) is 0 Å². The number of hydrogen-bond acceptors (Lipinski definition) is 5. The van der Waals surface area contributed by atoms with E-state index in [1.54, 1.807) is 6.07 Å². The van der Waals surface area contributed by atoms with Gasteiger partial charge in [0.05, 0.1) is 17.4 Å². The molecule has 0 atom stereocenters. The van der Waals surface area contributed by atoms with Gasteiger partial charge < -0.3 is 11.1 Å². The summed E-state index contributed by atoms with van der Waals surface area (Å²) in [4.78, 5) is 50.6. The summed E-state index contributed by atoms with van der Waals surface area (Å²) in [5.41, 5.74) is 6.71. The number of amides is 2. The van der Waals surface area contributed by atoms with Crippen LogP contribution in [0.5, 0.6) is 0 Å². The summed E-state index contributed by atoms with van der Waals surface area (Å²) in [6, 6.07) is 12.1. The first-order chi connectivity index (χ1) is 15.7. The highest BCUT2D eigenvalue weighted by Crippen LogP contribution is 2.16. The average molecular weight is 448 g/mol. The Labute approximate surface area is 188 Å². The van der Waals surface area contributed by atoms with Gasteiger partial charge in [-0.05, 0) is 44.5 Å². The van der Waals surface area contributed by atoms with Crippen molar-refractivity contribution in [1.29, 1.82) is 0 Å². The molecule has 0 bridgehead atoms.